The molecule has 0 aromatic heterocycles. The van der Waals surface area contributed by atoms with E-state index in [9.17, 15) is 4.39 Å². The van der Waals surface area contributed by atoms with Crippen molar-refractivity contribution >= 4 is 31.9 Å². The average molecular weight is 373 g/mol. The van der Waals surface area contributed by atoms with E-state index in [4.69, 9.17) is 0 Å². The van der Waals surface area contributed by atoms with Gasteiger partial charge in [0.15, 0.2) is 0 Å². The van der Waals surface area contributed by atoms with Gasteiger partial charge in [-0.15, -0.1) is 0 Å². The molecule has 1 nitrogen and oxygen atoms in total. The summed E-state index contributed by atoms with van der Waals surface area (Å²) < 4.78 is 15.4. The van der Waals surface area contributed by atoms with Crippen molar-refractivity contribution in [1.82, 2.24) is 5.32 Å². The third-order valence-electron chi connectivity index (χ3n) is 2.55. The van der Waals surface area contributed by atoms with Gasteiger partial charge in [-0.1, -0.05) is 50.1 Å². The summed E-state index contributed by atoms with van der Waals surface area (Å²) in [4.78, 5) is 0. The quantitative estimate of drug-likeness (QED) is 0.824. The summed E-state index contributed by atoms with van der Waals surface area (Å²) in [5, 5.41) is 3.23. The Morgan fingerprint density at radius 3 is 2.44 bits per heavy atom. The number of halogens is 3. The Morgan fingerprint density at radius 2 is 1.72 bits per heavy atom. The van der Waals surface area contributed by atoms with Gasteiger partial charge in [-0.25, -0.2) is 4.39 Å². The van der Waals surface area contributed by atoms with Gasteiger partial charge in [0.05, 0.1) is 0 Å². The van der Waals surface area contributed by atoms with Gasteiger partial charge in [0.2, 0.25) is 0 Å². The molecule has 0 aliphatic carbocycles. The van der Waals surface area contributed by atoms with E-state index in [1.165, 1.54) is 11.6 Å². The van der Waals surface area contributed by atoms with Gasteiger partial charge < -0.3 is 5.32 Å². The minimum absolute atomic E-state index is 0.189. The number of benzene rings is 2. The van der Waals surface area contributed by atoms with Crippen LogP contribution in [0.5, 0.6) is 0 Å². The predicted molar refractivity (Wildman–Crippen MR) is 78.8 cm³/mol. The van der Waals surface area contributed by atoms with Crippen molar-refractivity contribution < 1.29 is 4.39 Å². The Labute approximate surface area is 123 Å². The van der Waals surface area contributed by atoms with Gasteiger partial charge in [-0.2, -0.15) is 0 Å². The maximum atomic E-state index is 13.6. The van der Waals surface area contributed by atoms with Crippen LogP contribution in [0, 0.1) is 5.82 Å². The molecule has 94 valence electrons. The van der Waals surface area contributed by atoms with Gasteiger partial charge >= 0.3 is 0 Å². The van der Waals surface area contributed by atoms with Crippen LogP contribution in [0.25, 0.3) is 0 Å². The molecule has 18 heavy (non-hydrogen) atoms. The smallest absolute Gasteiger partial charge is 0.128 e. The van der Waals surface area contributed by atoms with Crippen LogP contribution in [0.3, 0.4) is 0 Å². The molecule has 1 N–H and O–H groups in total. The zero-order valence-corrected chi connectivity index (χ0v) is 12.8. The molecule has 2 rings (SSSR count). The molecular formula is C14H12Br2FN. The molecule has 2 aromatic carbocycles. The van der Waals surface area contributed by atoms with E-state index in [1.807, 2.05) is 30.3 Å². The molecule has 0 amide bonds. The summed E-state index contributed by atoms with van der Waals surface area (Å²) in [5.41, 5.74) is 1.84. The lowest BCUT2D eigenvalue weighted by Gasteiger charge is -2.07. The fraction of sp³-hybridized carbons (Fsp3) is 0.143. The highest BCUT2D eigenvalue weighted by Crippen LogP contribution is 2.15. The number of nitrogens with one attached hydrogen (secondary N) is 1. The normalized spacial score (nSPS) is 10.6. The minimum Gasteiger partial charge on any atom is -0.309 e. The third-order valence-corrected chi connectivity index (χ3v) is 3.54. The molecule has 0 unspecified atom stereocenters. The topological polar surface area (TPSA) is 12.0 Å². The lowest BCUT2D eigenvalue weighted by atomic mass is 10.2. The van der Waals surface area contributed by atoms with Gasteiger partial charge in [0, 0.05) is 27.6 Å². The standard InChI is InChI=1S/C14H12Br2FN/c15-12-3-1-2-10(6-12)8-18-9-11-4-5-13(16)7-14(11)17/h1-7,18H,8-9H2. The van der Waals surface area contributed by atoms with Crippen LogP contribution in [0.4, 0.5) is 4.39 Å². The second kappa shape index (κ2) is 6.45. The highest BCUT2D eigenvalue weighted by atomic mass is 79.9. The molecule has 0 aliphatic heterocycles. The predicted octanol–water partition coefficient (Wildman–Crippen LogP) is 4.64. The Balaban J connectivity index is 1.92. The molecule has 0 atom stereocenters. The molecular weight excluding hydrogens is 361 g/mol. The van der Waals surface area contributed by atoms with Crippen LogP contribution in [0.15, 0.2) is 51.4 Å². The average Bonchev–Trinajstić information content (AvgIpc) is 2.32. The van der Waals surface area contributed by atoms with Gasteiger partial charge in [0.1, 0.15) is 5.82 Å². The van der Waals surface area contributed by atoms with E-state index in [-0.39, 0.29) is 5.82 Å². The number of hydrogen-bond donors (Lipinski definition) is 1. The first-order valence-electron chi connectivity index (χ1n) is 5.54. The van der Waals surface area contributed by atoms with E-state index in [0.717, 1.165) is 15.5 Å². The highest BCUT2D eigenvalue weighted by molar-refractivity contribution is 9.10. The van der Waals surface area contributed by atoms with E-state index < -0.39 is 0 Å². The summed E-state index contributed by atoms with van der Waals surface area (Å²) in [6.07, 6.45) is 0. The highest BCUT2D eigenvalue weighted by Gasteiger charge is 2.02. The SMILES string of the molecule is Fc1cc(Br)ccc1CNCc1cccc(Br)c1. The molecule has 0 fully saturated rings. The fourth-order valence-electron chi connectivity index (χ4n) is 1.65. The van der Waals surface area contributed by atoms with Crippen molar-refractivity contribution in [3.8, 4) is 0 Å². The Kier molecular flexibility index (Phi) is 4.92. The van der Waals surface area contributed by atoms with Gasteiger partial charge in [-0.3, -0.25) is 0 Å². The van der Waals surface area contributed by atoms with Crippen LogP contribution in [0.1, 0.15) is 11.1 Å². The first-order chi connectivity index (χ1) is 8.65. The summed E-state index contributed by atoms with van der Waals surface area (Å²) in [7, 11) is 0. The molecule has 0 bridgehead atoms. The zero-order valence-electron chi connectivity index (χ0n) is 9.59. The van der Waals surface area contributed by atoms with E-state index in [2.05, 4.69) is 37.2 Å². The first kappa shape index (κ1) is 13.7. The molecule has 0 aliphatic rings. The second-order valence-corrected chi connectivity index (χ2v) is 5.80. The molecule has 0 spiro atoms. The molecule has 0 heterocycles. The molecule has 2 aromatic rings. The Morgan fingerprint density at radius 1 is 0.944 bits per heavy atom. The van der Waals surface area contributed by atoms with Crippen molar-refractivity contribution in [2.45, 2.75) is 13.1 Å². The van der Waals surface area contributed by atoms with Crippen LogP contribution < -0.4 is 5.32 Å². The summed E-state index contributed by atoms with van der Waals surface area (Å²) >= 11 is 6.67. The maximum Gasteiger partial charge on any atom is 0.128 e. The maximum absolute atomic E-state index is 13.6. The van der Waals surface area contributed by atoms with E-state index in [1.54, 1.807) is 6.07 Å². The summed E-state index contributed by atoms with van der Waals surface area (Å²) in [6, 6.07) is 13.2. The third kappa shape index (κ3) is 3.90. The Bertz CT molecular complexity index is 543. The van der Waals surface area contributed by atoms with Crippen molar-refractivity contribution in [1.29, 1.82) is 0 Å². The zero-order chi connectivity index (χ0) is 13.0. The van der Waals surface area contributed by atoms with E-state index >= 15 is 0 Å². The molecule has 4 heteroatoms. The minimum atomic E-state index is -0.189. The first-order valence-corrected chi connectivity index (χ1v) is 7.13. The van der Waals surface area contributed by atoms with Crippen molar-refractivity contribution in [2.24, 2.45) is 0 Å². The van der Waals surface area contributed by atoms with Gasteiger partial charge in [0.25, 0.3) is 0 Å². The molecule has 0 saturated heterocycles. The summed E-state index contributed by atoms with van der Waals surface area (Å²) in [6.45, 7) is 1.24. The van der Waals surface area contributed by atoms with Gasteiger partial charge in [-0.05, 0) is 29.8 Å². The van der Waals surface area contributed by atoms with Crippen molar-refractivity contribution in [2.75, 3.05) is 0 Å². The van der Waals surface area contributed by atoms with Crippen LogP contribution in [0.2, 0.25) is 0 Å². The number of rotatable bonds is 4. The number of hydrogen-bond acceptors (Lipinski definition) is 1. The largest absolute Gasteiger partial charge is 0.309 e. The van der Waals surface area contributed by atoms with E-state index in [0.29, 0.717) is 12.1 Å². The summed E-state index contributed by atoms with van der Waals surface area (Å²) in [5.74, 6) is -0.189. The van der Waals surface area contributed by atoms with Crippen LogP contribution in [-0.2, 0) is 13.1 Å². The molecule has 0 saturated carbocycles. The van der Waals surface area contributed by atoms with Crippen LogP contribution in [-0.4, -0.2) is 0 Å². The Hall–Kier alpha value is -0.710. The lowest BCUT2D eigenvalue weighted by molar-refractivity contribution is 0.587. The fourth-order valence-corrected chi connectivity index (χ4v) is 2.43. The second-order valence-electron chi connectivity index (χ2n) is 3.97. The van der Waals surface area contributed by atoms with Crippen molar-refractivity contribution in [3.05, 3.63) is 68.4 Å². The molecule has 0 radical (unpaired) electrons. The van der Waals surface area contributed by atoms with Crippen molar-refractivity contribution in [3.63, 3.8) is 0 Å². The monoisotopic (exact) mass is 371 g/mol. The van der Waals surface area contributed by atoms with Crippen LogP contribution >= 0.6 is 31.9 Å². The lowest BCUT2D eigenvalue weighted by Crippen LogP contribution is -2.13.